The third kappa shape index (κ3) is 1.38. The maximum atomic E-state index is 5.71. The lowest BCUT2D eigenvalue weighted by Gasteiger charge is -2.22. The molecule has 1 saturated heterocycles. The molecule has 1 aliphatic heterocycles. The Morgan fingerprint density at radius 1 is 1.50 bits per heavy atom. The average Bonchev–Trinajstić information content (AvgIpc) is 2.61. The fourth-order valence-corrected chi connectivity index (χ4v) is 3.06. The molecule has 0 aromatic rings. The van der Waals surface area contributed by atoms with Crippen LogP contribution in [0.3, 0.4) is 0 Å². The molecule has 2 heteroatoms. The second kappa shape index (κ2) is 3.00. The van der Waals surface area contributed by atoms with Crippen molar-refractivity contribution in [3.05, 3.63) is 0 Å². The third-order valence-electron chi connectivity index (χ3n) is 3.77. The minimum absolute atomic E-state index is 0.679. The predicted octanol–water partition coefficient (Wildman–Crippen LogP) is 1.07. The molecule has 1 aliphatic carbocycles. The number of nitrogens with two attached hydrogens (primary N) is 1. The highest BCUT2D eigenvalue weighted by Crippen LogP contribution is 2.47. The van der Waals surface area contributed by atoms with Gasteiger partial charge in [-0.3, -0.25) is 0 Å². The molecular formula is C10H20N2. The summed E-state index contributed by atoms with van der Waals surface area (Å²) < 4.78 is 0. The van der Waals surface area contributed by atoms with E-state index < -0.39 is 0 Å². The zero-order valence-corrected chi connectivity index (χ0v) is 8.05. The van der Waals surface area contributed by atoms with Gasteiger partial charge in [-0.2, -0.15) is 0 Å². The van der Waals surface area contributed by atoms with E-state index >= 15 is 0 Å². The van der Waals surface area contributed by atoms with Crippen LogP contribution in [0.2, 0.25) is 0 Å². The van der Waals surface area contributed by atoms with E-state index in [1.54, 1.807) is 0 Å². The van der Waals surface area contributed by atoms with Gasteiger partial charge >= 0.3 is 0 Å². The van der Waals surface area contributed by atoms with Crippen LogP contribution in [-0.2, 0) is 0 Å². The maximum absolute atomic E-state index is 5.71. The lowest BCUT2D eigenvalue weighted by Crippen LogP contribution is -2.23. The van der Waals surface area contributed by atoms with Gasteiger partial charge < -0.3 is 10.6 Å². The topological polar surface area (TPSA) is 29.3 Å². The lowest BCUT2D eigenvalue weighted by atomic mass is 9.84. The minimum Gasteiger partial charge on any atom is -0.330 e. The number of hydrogen-bond acceptors (Lipinski definition) is 2. The standard InChI is InChI=1S/C10H20N2/c1-12-5-4-10(8-12)3-2-9(6-10)7-11/h9H,2-8,11H2,1H3. The van der Waals surface area contributed by atoms with Crippen molar-refractivity contribution in [1.29, 1.82) is 0 Å². The lowest BCUT2D eigenvalue weighted by molar-refractivity contribution is 0.279. The van der Waals surface area contributed by atoms with Crippen molar-refractivity contribution in [3.63, 3.8) is 0 Å². The van der Waals surface area contributed by atoms with E-state index in [9.17, 15) is 0 Å². The van der Waals surface area contributed by atoms with Crippen LogP contribution in [0.5, 0.6) is 0 Å². The number of hydrogen-bond donors (Lipinski definition) is 1. The summed E-state index contributed by atoms with van der Waals surface area (Å²) in [5.41, 5.74) is 6.39. The largest absolute Gasteiger partial charge is 0.330 e. The summed E-state index contributed by atoms with van der Waals surface area (Å²) in [6, 6.07) is 0. The Morgan fingerprint density at radius 2 is 2.33 bits per heavy atom. The van der Waals surface area contributed by atoms with Crippen molar-refractivity contribution >= 4 is 0 Å². The summed E-state index contributed by atoms with van der Waals surface area (Å²) >= 11 is 0. The Hall–Kier alpha value is -0.0800. The first-order chi connectivity index (χ1) is 5.74. The van der Waals surface area contributed by atoms with Gasteiger partial charge in [0.15, 0.2) is 0 Å². The molecule has 0 bridgehead atoms. The van der Waals surface area contributed by atoms with Crippen molar-refractivity contribution in [2.45, 2.75) is 25.7 Å². The molecule has 70 valence electrons. The van der Waals surface area contributed by atoms with Gasteiger partial charge in [-0.05, 0) is 57.2 Å². The van der Waals surface area contributed by atoms with Crippen LogP contribution in [0, 0.1) is 11.3 Å². The summed E-state index contributed by atoms with van der Waals surface area (Å²) in [4.78, 5) is 2.47. The molecule has 0 aromatic carbocycles. The summed E-state index contributed by atoms with van der Waals surface area (Å²) in [5.74, 6) is 0.830. The van der Waals surface area contributed by atoms with E-state index in [1.807, 2.05) is 0 Å². The number of nitrogens with zero attached hydrogens (tertiary/aromatic N) is 1. The molecule has 0 aromatic heterocycles. The van der Waals surface area contributed by atoms with Crippen molar-refractivity contribution < 1.29 is 0 Å². The monoisotopic (exact) mass is 168 g/mol. The molecule has 2 aliphatic rings. The van der Waals surface area contributed by atoms with Gasteiger partial charge in [-0.25, -0.2) is 0 Å². The Balaban J connectivity index is 1.97. The molecule has 2 N–H and O–H groups in total. The Morgan fingerprint density at radius 3 is 2.83 bits per heavy atom. The molecular weight excluding hydrogens is 148 g/mol. The summed E-state index contributed by atoms with van der Waals surface area (Å²) in [7, 11) is 2.24. The molecule has 1 saturated carbocycles. The van der Waals surface area contributed by atoms with Crippen LogP contribution < -0.4 is 5.73 Å². The molecule has 2 rings (SSSR count). The second-order valence-corrected chi connectivity index (χ2v) is 4.83. The normalized spacial score (nSPS) is 43.0. The van der Waals surface area contributed by atoms with Crippen LogP contribution in [0.4, 0.5) is 0 Å². The Kier molecular flexibility index (Phi) is 2.13. The summed E-state index contributed by atoms with van der Waals surface area (Å²) in [5, 5.41) is 0. The maximum Gasteiger partial charge on any atom is 0.00355 e. The van der Waals surface area contributed by atoms with Gasteiger partial charge in [0.05, 0.1) is 0 Å². The third-order valence-corrected chi connectivity index (χ3v) is 3.77. The number of likely N-dealkylation sites (tertiary alicyclic amines) is 1. The zero-order valence-electron chi connectivity index (χ0n) is 8.05. The van der Waals surface area contributed by atoms with Crippen molar-refractivity contribution in [1.82, 2.24) is 4.90 Å². The Bertz CT molecular complexity index is 169. The summed E-state index contributed by atoms with van der Waals surface area (Å²) in [6.07, 6.45) is 5.62. The smallest absolute Gasteiger partial charge is 0.00355 e. The van der Waals surface area contributed by atoms with E-state index in [0.717, 1.165) is 12.5 Å². The highest BCUT2D eigenvalue weighted by atomic mass is 15.1. The van der Waals surface area contributed by atoms with E-state index in [0.29, 0.717) is 5.41 Å². The van der Waals surface area contributed by atoms with Crippen LogP contribution in [-0.4, -0.2) is 31.6 Å². The van der Waals surface area contributed by atoms with Crippen molar-refractivity contribution in [2.75, 3.05) is 26.7 Å². The van der Waals surface area contributed by atoms with E-state index in [-0.39, 0.29) is 0 Å². The fourth-order valence-electron chi connectivity index (χ4n) is 3.06. The molecule has 2 fully saturated rings. The van der Waals surface area contributed by atoms with E-state index in [1.165, 1.54) is 38.8 Å². The molecule has 2 unspecified atom stereocenters. The van der Waals surface area contributed by atoms with Crippen LogP contribution in [0.25, 0.3) is 0 Å². The second-order valence-electron chi connectivity index (χ2n) is 4.83. The molecule has 1 heterocycles. The van der Waals surface area contributed by atoms with E-state index in [2.05, 4.69) is 11.9 Å². The molecule has 12 heavy (non-hydrogen) atoms. The van der Waals surface area contributed by atoms with Gasteiger partial charge in [-0.1, -0.05) is 0 Å². The van der Waals surface area contributed by atoms with Gasteiger partial charge in [0.2, 0.25) is 0 Å². The van der Waals surface area contributed by atoms with Gasteiger partial charge in [0.25, 0.3) is 0 Å². The van der Waals surface area contributed by atoms with Gasteiger partial charge in [0.1, 0.15) is 0 Å². The van der Waals surface area contributed by atoms with Crippen molar-refractivity contribution in [2.24, 2.45) is 17.1 Å². The molecule has 2 atom stereocenters. The summed E-state index contributed by atoms with van der Waals surface area (Å²) in [6.45, 7) is 3.53. The van der Waals surface area contributed by atoms with Crippen LogP contribution in [0.15, 0.2) is 0 Å². The fraction of sp³-hybridized carbons (Fsp3) is 1.00. The quantitative estimate of drug-likeness (QED) is 0.634. The van der Waals surface area contributed by atoms with Crippen LogP contribution in [0.1, 0.15) is 25.7 Å². The van der Waals surface area contributed by atoms with Crippen molar-refractivity contribution in [3.8, 4) is 0 Å². The highest BCUT2D eigenvalue weighted by Gasteiger charge is 2.42. The minimum atomic E-state index is 0.679. The first-order valence-electron chi connectivity index (χ1n) is 5.13. The molecule has 0 amide bonds. The van der Waals surface area contributed by atoms with Gasteiger partial charge in [-0.15, -0.1) is 0 Å². The predicted molar refractivity (Wildman–Crippen MR) is 50.9 cm³/mol. The average molecular weight is 168 g/mol. The molecule has 0 radical (unpaired) electrons. The first kappa shape index (κ1) is 8.52. The highest BCUT2D eigenvalue weighted by molar-refractivity contribution is 4.95. The molecule has 2 nitrogen and oxygen atoms in total. The van der Waals surface area contributed by atoms with Gasteiger partial charge in [0, 0.05) is 6.54 Å². The first-order valence-corrected chi connectivity index (χ1v) is 5.13. The SMILES string of the molecule is CN1CCC2(CCC(CN)C2)C1. The zero-order chi connectivity index (χ0) is 8.60. The van der Waals surface area contributed by atoms with E-state index in [4.69, 9.17) is 5.73 Å². The number of rotatable bonds is 1. The molecule has 1 spiro atoms. The van der Waals surface area contributed by atoms with Crippen LogP contribution >= 0.6 is 0 Å². The Labute approximate surface area is 75.1 Å².